The molecule has 3 rings (SSSR count). The highest BCUT2D eigenvalue weighted by atomic mass is 32.2. The van der Waals surface area contributed by atoms with Gasteiger partial charge >= 0.3 is 5.97 Å². The van der Waals surface area contributed by atoms with Gasteiger partial charge in [0.05, 0.1) is 42.2 Å². The lowest BCUT2D eigenvalue weighted by Crippen LogP contribution is -2.62. The monoisotopic (exact) mass is 983 g/mol. The number of nitrogens with one attached hydrogen (secondary N) is 3. The number of rotatable bonds is 28. The predicted molar refractivity (Wildman–Crippen MR) is 264 cm³/mol. The lowest BCUT2D eigenvalue weighted by atomic mass is 9.89. The van der Waals surface area contributed by atoms with E-state index in [0.29, 0.717) is 62.3 Å². The summed E-state index contributed by atoms with van der Waals surface area (Å²) in [6.07, 6.45) is 7.32. The van der Waals surface area contributed by atoms with Crippen LogP contribution in [0.2, 0.25) is 0 Å². The fourth-order valence-corrected chi connectivity index (χ4v) is 9.08. The Morgan fingerprint density at radius 1 is 0.942 bits per heavy atom. The molecule has 2 heterocycles. The van der Waals surface area contributed by atoms with Gasteiger partial charge in [0, 0.05) is 66.6 Å². The standard InChI is InChI=1S/C50H78N8O10S/c1-13-32(4)42(38(67-10)28-40(60)58-26-20-23-37(58)43(68-11)33(5)44(61)54-36(47(64)65)27-34-21-16-14-17-22-34)56(8)46(63)41(31(2)3)55-48(66)50(6,7)57(9)39(59)24-18-15-19-25-51-45(62)35-29-52-49(69-12)53-30-35/h14,16-17,21-22,29-33,36-38,41-43H,13,15,18-20,23-28H2,1-12H3,(H,51,62)(H,54,61)(H,55,66)(H,64,65)/t32-,33+,36-,37-,38+,41-,42-,43+/m0/s1. The maximum absolute atomic E-state index is 14.5. The Kier molecular flexibility index (Phi) is 23.5. The molecular weight excluding hydrogens is 905 g/mol. The van der Waals surface area contributed by atoms with Gasteiger partial charge in [-0.2, -0.15) is 0 Å². The average molecular weight is 983 g/mol. The Balaban J connectivity index is 1.65. The van der Waals surface area contributed by atoms with E-state index in [9.17, 15) is 38.7 Å². The molecule has 4 N–H and O–H groups in total. The first-order valence-electron chi connectivity index (χ1n) is 24.0. The molecule has 1 saturated heterocycles. The normalized spacial score (nSPS) is 16.9. The second-order valence-corrected chi connectivity index (χ2v) is 19.7. The van der Waals surface area contributed by atoms with Crippen molar-refractivity contribution in [1.82, 2.24) is 40.6 Å². The number of carboxylic acid groups (broad SMARTS) is 1. The number of unbranched alkanes of at least 4 members (excludes halogenated alkanes) is 2. The first-order valence-corrected chi connectivity index (χ1v) is 25.3. The maximum atomic E-state index is 14.5. The highest BCUT2D eigenvalue weighted by Gasteiger charge is 2.44. The number of ether oxygens (including phenoxy) is 2. The maximum Gasteiger partial charge on any atom is 0.326 e. The summed E-state index contributed by atoms with van der Waals surface area (Å²) in [6, 6.07) is 5.85. The molecule has 8 atom stereocenters. The second-order valence-electron chi connectivity index (χ2n) is 18.9. The minimum atomic E-state index is -1.31. The molecule has 0 bridgehead atoms. The number of carbonyl (C=O) groups is 7. The number of benzene rings is 1. The van der Waals surface area contributed by atoms with Crippen LogP contribution in [0.3, 0.4) is 0 Å². The van der Waals surface area contributed by atoms with Crippen molar-refractivity contribution in [2.24, 2.45) is 17.8 Å². The van der Waals surface area contributed by atoms with Gasteiger partial charge in [-0.3, -0.25) is 28.8 Å². The molecule has 1 aliphatic rings. The van der Waals surface area contributed by atoms with Crippen LogP contribution in [0.15, 0.2) is 47.9 Å². The number of hydrogen-bond donors (Lipinski definition) is 4. The number of hydrogen-bond acceptors (Lipinski definition) is 12. The van der Waals surface area contributed by atoms with Gasteiger partial charge in [0.2, 0.25) is 29.5 Å². The molecule has 0 aliphatic carbocycles. The van der Waals surface area contributed by atoms with E-state index in [1.807, 2.05) is 40.0 Å². The van der Waals surface area contributed by atoms with E-state index in [2.05, 4.69) is 25.9 Å². The van der Waals surface area contributed by atoms with Crippen molar-refractivity contribution in [2.75, 3.05) is 47.7 Å². The highest BCUT2D eigenvalue weighted by molar-refractivity contribution is 7.98. The molecular formula is C50H78N8O10S. The van der Waals surface area contributed by atoms with E-state index < -0.39 is 65.6 Å². The Hall–Kier alpha value is -5.14. The summed E-state index contributed by atoms with van der Waals surface area (Å²) in [4.78, 5) is 107. The largest absolute Gasteiger partial charge is 0.480 e. The molecule has 1 aromatic carbocycles. The molecule has 0 spiro atoms. The lowest BCUT2D eigenvalue weighted by molar-refractivity contribution is -0.150. The SMILES string of the molecule is CC[C@H](C)[C@@H]([C@@H](CC(=O)N1CCC[C@H]1[C@H](OC)[C@@H](C)C(=O)N[C@@H](Cc1ccccc1)C(=O)O)OC)N(C)C(=O)[C@@H](NC(=O)C(C)(C)N(C)C(=O)CCCCCNC(=O)c1cnc(SC)nc1)C(C)C. The molecule has 2 aromatic rings. The van der Waals surface area contributed by atoms with Gasteiger partial charge in [0.25, 0.3) is 5.91 Å². The van der Waals surface area contributed by atoms with E-state index >= 15 is 0 Å². The van der Waals surface area contributed by atoms with Gasteiger partial charge in [0.15, 0.2) is 5.16 Å². The molecule has 6 amide bonds. The summed E-state index contributed by atoms with van der Waals surface area (Å²) in [5.74, 6) is -4.55. The number of nitrogens with zero attached hydrogens (tertiary/aromatic N) is 5. The average Bonchev–Trinajstić information content (AvgIpc) is 3.83. The van der Waals surface area contributed by atoms with Crippen LogP contribution in [-0.2, 0) is 44.7 Å². The zero-order valence-electron chi connectivity index (χ0n) is 42.8. The topological polar surface area (TPSA) is 230 Å². The second kappa shape index (κ2) is 27.9. The smallest absolute Gasteiger partial charge is 0.326 e. The zero-order valence-corrected chi connectivity index (χ0v) is 43.6. The number of carboxylic acids is 1. The first kappa shape index (κ1) is 58.2. The van der Waals surface area contributed by atoms with Crippen molar-refractivity contribution >= 4 is 53.2 Å². The molecule has 1 fully saturated rings. The van der Waals surface area contributed by atoms with Gasteiger partial charge < -0.3 is 45.2 Å². The van der Waals surface area contributed by atoms with Gasteiger partial charge in [0.1, 0.15) is 17.6 Å². The fourth-order valence-electron chi connectivity index (χ4n) is 8.76. The molecule has 384 valence electrons. The van der Waals surface area contributed by atoms with Crippen LogP contribution in [0.5, 0.6) is 0 Å². The van der Waals surface area contributed by atoms with E-state index in [0.717, 1.165) is 5.56 Å². The number of likely N-dealkylation sites (N-methyl/N-ethyl adjacent to an activating group) is 2. The molecule has 69 heavy (non-hydrogen) atoms. The zero-order chi connectivity index (χ0) is 51.6. The van der Waals surface area contributed by atoms with Crippen LogP contribution in [-0.4, -0.2) is 161 Å². The Bertz CT molecular complexity index is 2010. The van der Waals surface area contributed by atoms with Crippen LogP contribution in [0.25, 0.3) is 0 Å². The summed E-state index contributed by atoms with van der Waals surface area (Å²) in [5.41, 5.74) is -0.177. The van der Waals surface area contributed by atoms with Crippen LogP contribution < -0.4 is 16.0 Å². The third-order valence-electron chi connectivity index (χ3n) is 13.6. The van der Waals surface area contributed by atoms with E-state index in [1.165, 1.54) is 43.3 Å². The third-order valence-corrected chi connectivity index (χ3v) is 14.1. The molecule has 1 aromatic heterocycles. The van der Waals surface area contributed by atoms with Gasteiger partial charge in [-0.05, 0) is 63.2 Å². The number of amides is 6. The minimum absolute atomic E-state index is 0.0790. The summed E-state index contributed by atoms with van der Waals surface area (Å²) in [6.45, 7) is 13.4. The molecule has 0 radical (unpaired) electrons. The van der Waals surface area contributed by atoms with Crippen LogP contribution in [0.4, 0.5) is 0 Å². The van der Waals surface area contributed by atoms with E-state index in [-0.39, 0.29) is 54.7 Å². The van der Waals surface area contributed by atoms with E-state index in [1.54, 1.807) is 68.9 Å². The molecule has 19 heteroatoms. The molecule has 1 aliphatic heterocycles. The van der Waals surface area contributed by atoms with Crippen molar-refractivity contribution in [3.05, 3.63) is 53.9 Å². The number of thioether (sulfide) groups is 1. The van der Waals surface area contributed by atoms with Crippen molar-refractivity contribution in [2.45, 2.75) is 153 Å². The van der Waals surface area contributed by atoms with Crippen molar-refractivity contribution < 1.29 is 48.1 Å². The summed E-state index contributed by atoms with van der Waals surface area (Å²) in [7, 11) is 6.21. The Morgan fingerprint density at radius 3 is 2.16 bits per heavy atom. The molecule has 0 unspecified atom stereocenters. The van der Waals surface area contributed by atoms with Gasteiger partial charge in [-0.15, -0.1) is 0 Å². The van der Waals surface area contributed by atoms with Crippen LogP contribution in [0, 0.1) is 17.8 Å². The number of carbonyl (C=O) groups excluding carboxylic acids is 6. The first-order chi connectivity index (χ1) is 32.6. The Morgan fingerprint density at radius 2 is 1.59 bits per heavy atom. The summed E-state index contributed by atoms with van der Waals surface area (Å²) in [5, 5.41) is 19.0. The molecule has 0 saturated carbocycles. The van der Waals surface area contributed by atoms with Gasteiger partial charge in [-0.1, -0.05) is 89.6 Å². The van der Waals surface area contributed by atoms with Crippen molar-refractivity contribution in [3.8, 4) is 0 Å². The summed E-state index contributed by atoms with van der Waals surface area (Å²) < 4.78 is 11.9. The molecule has 18 nitrogen and oxygen atoms in total. The summed E-state index contributed by atoms with van der Waals surface area (Å²) >= 11 is 1.39. The van der Waals surface area contributed by atoms with E-state index in [4.69, 9.17) is 9.47 Å². The Labute approximate surface area is 413 Å². The number of likely N-dealkylation sites (tertiary alicyclic amines) is 1. The van der Waals surface area contributed by atoms with Crippen LogP contribution in [0.1, 0.15) is 116 Å². The minimum Gasteiger partial charge on any atom is -0.480 e. The number of methoxy groups -OCH3 is 2. The van der Waals surface area contributed by atoms with Gasteiger partial charge in [-0.25, -0.2) is 14.8 Å². The number of aromatic nitrogens is 2. The van der Waals surface area contributed by atoms with Crippen molar-refractivity contribution in [1.29, 1.82) is 0 Å². The fraction of sp³-hybridized carbons (Fsp3) is 0.660. The van der Waals surface area contributed by atoms with Crippen molar-refractivity contribution in [3.63, 3.8) is 0 Å². The van der Waals surface area contributed by atoms with Crippen LogP contribution >= 0.6 is 11.8 Å². The predicted octanol–water partition coefficient (Wildman–Crippen LogP) is 4.60. The quantitative estimate of drug-likeness (QED) is 0.0520. The third kappa shape index (κ3) is 16.2. The number of aliphatic carboxylic acids is 1. The highest BCUT2D eigenvalue weighted by Crippen LogP contribution is 2.30. The lowest BCUT2D eigenvalue weighted by Gasteiger charge is -2.41.